The zero-order chi connectivity index (χ0) is 14.8. The van der Waals surface area contributed by atoms with Crippen LogP contribution >= 0.6 is 11.3 Å². The van der Waals surface area contributed by atoms with Crippen LogP contribution in [0.1, 0.15) is 23.8 Å². The van der Waals surface area contributed by atoms with Crippen LogP contribution in [0.5, 0.6) is 0 Å². The second kappa shape index (κ2) is 5.83. The van der Waals surface area contributed by atoms with E-state index in [0.29, 0.717) is 19.5 Å². The lowest BCUT2D eigenvalue weighted by molar-refractivity contribution is -0.146. The number of rotatable bonds is 4. The minimum absolute atomic E-state index is 0.163. The molecule has 0 aromatic carbocycles. The van der Waals surface area contributed by atoms with Crippen LogP contribution in [0.15, 0.2) is 11.4 Å². The first-order chi connectivity index (χ1) is 9.42. The van der Waals surface area contributed by atoms with Crippen LogP contribution in [0.3, 0.4) is 0 Å². The number of amides is 2. The molecule has 6 heteroatoms. The lowest BCUT2D eigenvalue weighted by atomic mass is 9.90. The van der Waals surface area contributed by atoms with Crippen molar-refractivity contribution in [2.24, 2.45) is 5.41 Å². The molecule has 0 aliphatic carbocycles. The number of carbonyl (C=O) groups is 2. The molecule has 1 saturated heterocycles. The predicted molar refractivity (Wildman–Crippen MR) is 78.1 cm³/mol. The maximum atomic E-state index is 12.0. The summed E-state index contributed by atoms with van der Waals surface area (Å²) in [6, 6.07) is 1.91. The third kappa shape index (κ3) is 3.12. The van der Waals surface area contributed by atoms with Gasteiger partial charge in [-0.05, 0) is 43.7 Å². The van der Waals surface area contributed by atoms with E-state index in [1.54, 1.807) is 23.2 Å². The van der Waals surface area contributed by atoms with Crippen molar-refractivity contribution >= 4 is 23.3 Å². The summed E-state index contributed by atoms with van der Waals surface area (Å²) in [5.74, 6) is -0.831. The summed E-state index contributed by atoms with van der Waals surface area (Å²) in [7, 11) is 0. The van der Waals surface area contributed by atoms with E-state index in [1.165, 1.54) is 10.4 Å². The van der Waals surface area contributed by atoms with E-state index in [2.05, 4.69) is 18.3 Å². The Balaban J connectivity index is 1.79. The molecule has 5 nitrogen and oxygen atoms in total. The van der Waals surface area contributed by atoms with Crippen LogP contribution in [-0.4, -0.2) is 41.6 Å². The summed E-state index contributed by atoms with van der Waals surface area (Å²) in [6.45, 7) is 5.13. The van der Waals surface area contributed by atoms with E-state index in [9.17, 15) is 9.59 Å². The molecule has 0 radical (unpaired) electrons. The van der Waals surface area contributed by atoms with Crippen LogP contribution < -0.4 is 5.32 Å². The minimum atomic E-state index is -0.831. The molecule has 20 heavy (non-hydrogen) atoms. The van der Waals surface area contributed by atoms with Crippen molar-refractivity contribution in [2.75, 3.05) is 19.6 Å². The van der Waals surface area contributed by atoms with Gasteiger partial charge >= 0.3 is 12.0 Å². The molecule has 0 bridgehead atoms. The number of hydrogen-bond acceptors (Lipinski definition) is 3. The summed E-state index contributed by atoms with van der Waals surface area (Å²) in [5, 5.41) is 14.1. The van der Waals surface area contributed by atoms with E-state index in [1.807, 2.05) is 5.38 Å². The average Bonchev–Trinajstić information content (AvgIpc) is 2.97. The molecule has 0 spiro atoms. The number of carboxylic acid groups (broad SMARTS) is 1. The van der Waals surface area contributed by atoms with E-state index >= 15 is 0 Å². The van der Waals surface area contributed by atoms with Crippen molar-refractivity contribution < 1.29 is 14.7 Å². The van der Waals surface area contributed by atoms with Gasteiger partial charge < -0.3 is 15.3 Å². The van der Waals surface area contributed by atoms with Gasteiger partial charge in [-0.25, -0.2) is 4.79 Å². The number of hydrogen-bond donors (Lipinski definition) is 2. The molecule has 1 aromatic heterocycles. The number of nitrogens with zero attached hydrogens (tertiary/aromatic N) is 1. The van der Waals surface area contributed by atoms with E-state index < -0.39 is 11.4 Å². The second-order valence-corrected chi connectivity index (χ2v) is 6.55. The van der Waals surface area contributed by atoms with Gasteiger partial charge in [0.2, 0.25) is 0 Å². The Morgan fingerprint density at radius 3 is 2.85 bits per heavy atom. The average molecular weight is 296 g/mol. The van der Waals surface area contributed by atoms with Crippen molar-refractivity contribution in [3.63, 3.8) is 0 Å². The van der Waals surface area contributed by atoms with Crippen LogP contribution in [0.4, 0.5) is 4.79 Å². The quantitative estimate of drug-likeness (QED) is 0.894. The van der Waals surface area contributed by atoms with Gasteiger partial charge in [0.25, 0.3) is 0 Å². The van der Waals surface area contributed by atoms with E-state index in [4.69, 9.17) is 5.11 Å². The van der Waals surface area contributed by atoms with Crippen molar-refractivity contribution in [3.8, 4) is 0 Å². The monoisotopic (exact) mass is 296 g/mol. The first kappa shape index (κ1) is 14.8. The molecule has 1 aromatic rings. The highest BCUT2D eigenvalue weighted by Gasteiger charge is 2.42. The third-order valence-electron chi connectivity index (χ3n) is 3.87. The van der Waals surface area contributed by atoms with Gasteiger partial charge in [0.05, 0.1) is 5.41 Å². The number of likely N-dealkylation sites (tertiary alicyclic amines) is 1. The number of carbonyl (C=O) groups excluding carboxylic acids is 1. The van der Waals surface area contributed by atoms with Crippen molar-refractivity contribution in [1.82, 2.24) is 10.2 Å². The summed E-state index contributed by atoms with van der Waals surface area (Å²) < 4.78 is 0. The summed E-state index contributed by atoms with van der Waals surface area (Å²) in [5.41, 5.74) is 0.450. The molecule has 110 valence electrons. The van der Waals surface area contributed by atoms with Gasteiger partial charge in [-0.1, -0.05) is 0 Å². The highest BCUT2D eigenvalue weighted by molar-refractivity contribution is 7.10. The first-order valence-electron chi connectivity index (χ1n) is 6.71. The fraction of sp³-hybridized carbons (Fsp3) is 0.571. The first-order valence-corrected chi connectivity index (χ1v) is 7.59. The third-order valence-corrected chi connectivity index (χ3v) is 4.96. The van der Waals surface area contributed by atoms with Crippen LogP contribution in [0.2, 0.25) is 0 Å². The number of aliphatic carboxylic acids is 1. The van der Waals surface area contributed by atoms with Crippen molar-refractivity contribution in [2.45, 2.75) is 26.7 Å². The van der Waals surface area contributed by atoms with Gasteiger partial charge in [0.15, 0.2) is 0 Å². The Hall–Kier alpha value is -1.56. The highest BCUT2D eigenvalue weighted by Crippen LogP contribution is 2.29. The number of nitrogens with one attached hydrogen (secondary N) is 1. The molecule has 1 aliphatic rings. The second-order valence-electron chi connectivity index (χ2n) is 5.55. The summed E-state index contributed by atoms with van der Waals surface area (Å²) >= 11 is 1.69. The Morgan fingerprint density at radius 2 is 2.30 bits per heavy atom. The molecule has 1 aliphatic heterocycles. The zero-order valence-electron chi connectivity index (χ0n) is 11.8. The molecule has 2 heterocycles. The summed E-state index contributed by atoms with van der Waals surface area (Å²) in [6.07, 6.45) is 1.33. The smallest absolute Gasteiger partial charge is 0.317 e. The lowest BCUT2D eigenvalue weighted by Crippen LogP contribution is -2.41. The SMILES string of the molecule is Cc1ccsc1CCNC(=O)N1CCC(C)(C(=O)O)C1. The minimum Gasteiger partial charge on any atom is -0.481 e. The highest BCUT2D eigenvalue weighted by atomic mass is 32.1. The molecule has 2 amide bonds. The molecular weight excluding hydrogens is 276 g/mol. The molecule has 1 unspecified atom stereocenters. The van der Waals surface area contributed by atoms with E-state index in [-0.39, 0.29) is 12.6 Å². The zero-order valence-corrected chi connectivity index (χ0v) is 12.6. The fourth-order valence-corrected chi connectivity index (χ4v) is 3.27. The fourth-order valence-electron chi connectivity index (χ4n) is 2.36. The summed E-state index contributed by atoms with van der Waals surface area (Å²) in [4.78, 5) is 26.0. The standard InChI is InChI=1S/C14H20N2O3S/c1-10-4-8-20-11(10)3-6-15-13(19)16-7-5-14(2,9-16)12(17)18/h4,8H,3,5-7,9H2,1-2H3,(H,15,19)(H,17,18). The van der Waals surface area contributed by atoms with Gasteiger partial charge in [-0.15, -0.1) is 11.3 Å². The molecule has 0 saturated carbocycles. The van der Waals surface area contributed by atoms with Gasteiger partial charge in [0.1, 0.15) is 0 Å². The predicted octanol–water partition coefficient (Wildman–Crippen LogP) is 2.11. The number of urea groups is 1. The largest absolute Gasteiger partial charge is 0.481 e. The van der Waals surface area contributed by atoms with Crippen LogP contribution in [0, 0.1) is 12.3 Å². The molecular formula is C14H20N2O3S. The normalized spacial score (nSPS) is 22.0. The molecule has 2 rings (SSSR count). The Bertz CT molecular complexity index is 514. The number of thiophene rings is 1. The number of carboxylic acids is 1. The molecule has 2 N–H and O–H groups in total. The lowest BCUT2D eigenvalue weighted by Gasteiger charge is -2.20. The van der Waals surface area contributed by atoms with Gasteiger partial charge in [-0.3, -0.25) is 4.79 Å². The topological polar surface area (TPSA) is 69.6 Å². The van der Waals surface area contributed by atoms with Crippen molar-refractivity contribution in [1.29, 1.82) is 0 Å². The number of aryl methyl sites for hydroxylation is 1. The Morgan fingerprint density at radius 1 is 1.55 bits per heavy atom. The van der Waals surface area contributed by atoms with E-state index in [0.717, 1.165) is 6.42 Å². The van der Waals surface area contributed by atoms with Gasteiger partial charge in [-0.2, -0.15) is 0 Å². The van der Waals surface area contributed by atoms with Gasteiger partial charge in [0, 0.05) is 24.5 Å². The van der Waals surface area contributed by atoms with Crippen LogP contribution in [-0.2, 0) is 11.2 Å². The maximum Gasteiger partial charge on any atom is 0.317 e. The van der Waals surface area contributed by atoms with Crippen molar-refractivity contribution in [3.05, 3.63) is 21.9 Å². The maximum absolute atomic E-state index is 12.0. The molecule has 1 fully saturated rings. The van der Waals surface area contributed by atoms with Crippen LogP contribution in [0.25, 0.3) is 0 Å². The molecule has 1 atom stereocenters. The Labute approximate surface area is 122 Å². The Kier molecular flexibility index (Phi) is 4.32.